The normalized spacial score (nSPS) is 10.6. The van der Waals surface area contributed by atoms with Crippen LogP contribution in [-0.2, 0) is 0 Å². The van der Waals surface area contributed by atoms with Gasteiger partial charge in [-0.25, -0.2) is 9.97 Å². The fourth-order valence-electron chi connectivity index (χ4n) is 2.29. The molecule has 0 atom stereocenters. The molecule has 1 heterocycles. The van der Waals surface area contributed by atoms with Crippen molar-refractivity contribution in [2.45, 2.75) is 0 Å². The summed E-state index contributed by atoms with van der Waals surface area (Å²) in [6, 6.07) is 11.0. The Morgan fingerprint density at radius 2 is 1.48 bits per heavy atom. The molecule has 0 amide bonds. The van der Waals surface area contributed by atoms with E-state index in [4.69, 9.17) is 25.8 Å². The molecule has 0 aliphatic carbocycles. The van der Waals surface area contributed by atoms with Crippen molar-refractivity contribution >= 4 is 22.5 Å². The van der Waals surface area contributed by atoms with E-state index < -0.39 is 0 Å². The van der Waals surface area contributed by atoms with Gasteiger partial charge in [0.25, 0.3) is 0 Å². The van der Waals surface area contributed by atoms with Crippen LogP contribution in [0.15, 0.2) is 36.4 Å². The molecular weight excluding hydrogens is 316 g/mol. The molecule has 0 N–H and O–H groups in total. The van der Waals surface area contributed by atoms with Crippen molar-refractivity contribution in [3.63, 3.8) is 0 Å². The Hall–Kier alpha value is -2.53. The first-order valence-corrected chi connectivity index (χ1v) is 7.27. The third-order valence-electron chi connectivity index (χ3n) is 3.50. The second-order valence-corrected chi connectivity index (χ2v) is 5.15. The second kappa shape index (κ2) is 6.30. The van der Waals surface area contributed by atoms with Crippen molar-refractivity contribution < 1.29 is 14.2 Å². The van der Waals surface area contributed by atoms with Gasteiger partial charge in [-0.1, -0.05) is 11.6 Å². The standard InChI is InChI=1S/C17H15ClN2O3/c1-21-11-6-4-10(5-7-11)17-19-13-9-15(23-3)14(22-2)8-12(13)16(18)20-17/h4-9H,1-3H3. The van der Waals surface area contributed by atoms with E-state index in [0.717, 1.165) is 11.3 Å². The molecule has 23 heavy (non-hydrogen) atoms. The number of halogens is 1. The van der Waals surface area contributed by atoms with Crippen LogP contribution >= 0.6 is 11.6 Å². The lowest BCUT2D eigenvalue weighted by molar-refractivity contribution is 0.356. The number of ether oxygens (including phenoxy) is 3. The van der Waals surface area contributed by atoms with Gasteiger partial charge in [-0.15, -0.1) is 0 Å². The smallest absolute Gasteiger partial charge is 0.162 e. The Labute approximate surface area is 138 Å². The van der Waals surface area contributed by atoms with Crippen molar-refractivity contribution in [2.75, 3.05) is 21.3 Å². The third-order valence-corrected chi connectivity index (χ3v) is 3.79. The minimum Gasteiger partial charge on any atom is -0.497 e. The number of hydrogen-bond donors (Lipinski definition) is 0. The largest absolute Gasteiger partial charge is 0.497 e. The van der Waals surface area contributed by atoms with Crippen LogP contribution < -0.4 is 14.2 Å². The summed E-state index contributed by atoms with van der Waals surface area (Å²) in [5.74, 6) is 2.49. The topological polar surface area (TPSA) is 53.5 Å². The van der Waals surface area contributed by atoms with Gasteiger partial charge < -0.3 is 14.2 Å². The second-order valence-electron chi connectivity index (χ2n) is 4.79. The molecule has 0 unspecified atom stereocenters. The molecule has 3 aromatic rings. The van der Waals surface area contributed by atoms with E-state index in [-0.39, 0.29) is 0 Å². The van der Waals surface area contributed by atoms with Crippen LogP contribution in [0.2, 0.25) is 5.15 Å². The highest BCUT2D eigenvalue weighted by molar-refractivity contribution is 6.34. The molecule has 0 aliphatic rings. The van der Waals surface area contributed by atoms with Gasteiger partial charge in [0.15, 0.2) is 17.3 Å². The van der Waals surface area contributed by atoms with Crippen LogP contribution in [0.4, 0.5) is 0 Å². The molecule has 0 fully saturated rings. The Bertz CT molecular complexity index is 851. The van der Waals surface area contributed by atoms with E-state index >= 15 is 0 Å². The molecule has 0 aliphatic heterocycles. The summed E-state index contributed by atoms with van der Waals surface area (Å²) in [5.41, 5.74) is 1.54. The van der Waals surface area contributed by atoms with E-state index in [1.165, 1.54) is 0 Å². The Kier molecular flexibility index (Phi) is 4.21. The zero-order chi connectivity index (χ0) is 16.4. The summed E-state index contributed by atoms with van der Waals surface area (Å²) in [6.07, 6.45) is 0. The fraction of sp³-hybridized carbons (Fsp3) is 0.176. The zero-order valence-corrected chi connectivity index (χ0v) is 13.7. The van der Waals surface area contributed by atoms with Crippen molar-refractivity contribution in [3.05, 3.63) is 41.6 Å². The summed E-state index contributed by atoms with van der Waals surface area (Å²) >= 11 is 6.32. The summed E-state index contributed by atoms with van der Waals surface area (Å²) in [5, 5.41) is 1.07. The highest BCUT2D eigenvalue weighted by Crippen LogP contribution is 2.35. The average molecular weight is 331 g/mol. The first-order valence-electron chi connectivity index (χ1n) is 6.90. The van der Waals surface area contributed by atoms with Gasteiger partial charge in [0, 0.05) is 17.0 Å². The SMILES string of the molecule is COc1ccc(-c2nc(Cl)c3cc(OC)c(OC)cc3n2)cc1. The lowest BCUT2D eigenvalue weighted by Gasteiger charge is -2.10. The summed E-state index contributed by atoms with van der Waals surface area (Å²) in [4.78, 5) is 8.95. The van der Waals surface area contributed by atoms with Gasteiger partial charge >= 0.3 is 0 Å². The number of fused-ring (bicyclic) bond motifs is 1. The molecule has 2 aromatic carbocycles. The van der Waals surface area contributed by atoms with Crippen LogP contribution in [0.5, 0.6) is 17.2 Å². The number of hydrogen-bond acceptors (Lipinski definition) is 5. The number of benzene rings is 2. The van der Waals surface area contributed by atoms with Crippen molar-refractivity contribution in [2.24, 2.45) is 0 Å². The third kappa shape index (κ3) is 2.87. The van der Waals surface area contributed by atoms with Gasteiger partial charge in [-0.3, -0.25) is 0 Å². The van der Waals surface area contributed by atoms with E-state index in [0.29, 0.717) is 33.4 Å². The van der Waals surface area contributed by atoms with Crippen molar-refractivity contribution in [1.29, 1.82) is 0 Å². The molecule has 0 radical (unpaired) electrons. The number of nitrogens with zero attached hydrogens (tertiary/aromatic N) is 2. The Balaban J connectivity index is 2.15. The maximum Gasteiger partial charge on any atom is 0.162 e. The minimum absolute atomic E-state index is 0.363. The highest BCUT2D eigenvalue weighted by atomic mass is 35.5. The number of rotatable bonds is 4. The maximum atomic E-state index is 6.32. The quantitative estimate of drug-likeness (QED) is 0.677. The van der Waals surface area contributed by atoms with Gasteiger partial charge in [0.2, 0.25) is 0 Å². The molecule has 5 nitrogen and oxygen atoms in total. The predicted molar refractivity (Wildman–Crippen MR) is 89.6 cm³/mol. The van der Waals surface area contributed by atoms with Gasteiger partial charge in [-0.05, 0) is 30.3 Å². The van der Waals surface area contributed by atoms with E-state index in [1.54, 1.807) is 33.5 Å². The van der Waals surface area contributed by atoms with E-state index in [2.05, 4.69) is 9.97 Å². The first kappa shape index (κ1) is 15.4. The van der Waals surface area contributed by atoms with Gasteiger partial charge in [0.1, 0.15) is 10.9 Å². The van der Waals surface area contributed by atoms with E-state index in [1.807, 2.05) is 24.3 Å². The van der Waals surface area contributed by atoms with Gasteiger partial charge in [0.05, 0.1) is 26.8 Å². The lowest BCUT2D eigenvalue weighted by atomic mass is 10.1. The molecular formula is C17H15ClN2O3. The van der Waals surface area contributed by atoms with Crippen LogP contribution in [0.25, 0.3) is 22.3 Å². The van der Waals surface area contributed by atoms with E-state index in [9.17, 15) is 0 Å². The molecule has 0 bridgehead atoms. The first-order chi connectivity index (χ1) is 11.2. The molecule has 0 spiro atoms. The molecule has 118 valence electrons. The summed E-state index contributed by atoms with van der Waals surface area (Å²) in [7, 11) is 4.78. The summed E-state index contributed by atoms with van der Waals surface area (Å²) in [6.45, 7) is 0. The van der Waals surface area contributed by atoms with Crippen LogP contribution in [0.1, 0.15) is 0 Å². The minimum atomic E-state index is 0.363. The summed E-state index contributed by atoms with van der Waals surface area (Å²) < 4.78 is 15.8. The van der Waals surface area contributed by atoms with Crippen LogP contribution in [0, 0.1) is 0 Å². The monoisotopic (exact) mass is 330 g/mol. The molecule has 0 saturated heterocycles. The Morgan fingerprint density at radius 3 is 2.09 bits per heavy atom. The van der Waals surface area contributed by atoms with Crippen molar-refractivity contribution in [1.82, 2.24) is 9.97 Å². The predicted octanol–water partition coefficient (Wildman–Crippen LogP) is 3.98. The molecule has 0 saturated carbocycles. The number of methoxy groups -OCH3 is 3. The Morgan fingerprint density at radius 1 is 0.826 bits per heavy atom. The number of aromatic nitrogens is 2. The van der Waals surface area contributed by atoms with Crippen molar-refractivity contribution in [3.8, 4) is 28.6 Å². The van der Waals surface area contributed by atoms with Crippen LogP contribution in [-0.4, -0.2) is 31.3 Å². The molecule has 6 heteroatoms. The zero-order valence-electron chi connectivity index (χ0n) is 13.0. The van der Waals surface area contributed by atoms with Crippen LogP contribution in [0.3, 0.4) is 0 Å². The maximum absolute atomic E-state index is 6.32. The lowest BCUT2D eigenvalue weighted by Crippen LogP contribution is -1.95. The van der Waals surface area contributed by atoms with Gasteiger partial charge in [-0.2, -0.15) is 0 Å². The molecule has 3 rings (SSSR count). The molecule has 1 aromatic heterocycles. The fourth-order valence-corrected chi connectivity index (χ4v) is 2.52. The highest BCUT2D eigenvalue weighted by Gasteiger charge is 2.13. The average Bonchev–Trinajstić information content (AvgIpc) is 2.60.